The molecule has 0 spiro atoms. The summed E-state index contributed by atoms with van der Waals surface area (Å²) in [7, 11) is 0. The van der Waals surface area contributed by atoms with Crippen molar-refractivity contribution in [3.05, 3.63) is 53.9 Å². The molecule has 0 unspecified atom stereocenters. The second-order valence-corrected chi connectivity index (χ2v) is 6.09. The third-order valence-corrected chi connectivity index (χ3v) is 4.58. The van der Waals surface area contributed by atoms with Crippen LogP contribution in [-0.2, 0) is 13.1 Å². The maximum atomic E-state index is 13.2. The lowest BCUT2D eigenvalue weighted by Crippen LogP contribution is -2.44. The van der Waals surface area contributed by atoms with Crippen LogP contribution in [-0.4, -0.2) is 27.0 Å². The van der Waals surface area contributed by atoms with Crippen LogP contribution < -0.4 is 5.32 Å². The normalized spacial score (nSPS) is 17.8. The lowest BCUT2D eigenvalue weighted by molar-refractivity contribution is 0.151. The highest BCUT2D eigenvalue weighted by Gasteiger charge is 2.27. The zero-order valence-electron chi connectivity index (χ0n) is 13.9. The van der Waals surface area contributed by atoms with E-state index in [9.17, 15) is 9.18 Å². The quantitative estimate of drug-likeness (QED) is 0.933. The van der Waals surface area contributed by atoms with Gasteiger partial charge in [0.2, 0.25) is 0 Å². The van der Waals surface area contributed by atoms with Crippen LogP contribution in [0.4, 0.5) is 9.18 Å². The summed E-state index contributed by atoms with van der Waals surface area (Å²) in [6.07, 6.45) is 6.53. The number of urea groups is 1. The number of piperidine rings is 1. The van der Waals surface area contributed by atoms with E-state index in [4.69, 9.17) is 0 Å². The smallest absolute Gasteiger partial charge is 0.318 e. The van der Waals surface area contributed by atoms with Crippen LogP contribution in [0.3, 0.4) is 0 Å². The Labute approximate surface area is 141 Å². The molecule has 1 fully saturated rings. The number of aryl methyl sites for hydroxylation is 1. The molecule has 1 saturated heterocycles. The number of imidazole rings is 1. The third-order valence-electron chi connectivity index (χ3n) is 4.58. The number of nitrogens with one attached hydrogen (secondary N) is 1. The van der Waals surface area contributed by atoms with Crippen molar-refractivity contribution in [2.45, 2.75) is 45.3 Å². The molecule has 24 heavy (non-hydrogen) atoms. The van der Waals surface area contributed by atoms with Gasteiger partial charge in [0.05, 0.1) is 24.6 Å². The minimum Gasteiger partial charge on any atom is -0.333 e. The van der Waals surface area contributed by atoms with Crippen molar-refractivity contribution in [1.29, 1.82) is 0 Å². The van der Waals surface area contributed by atoms with Crippen molar-refractivity contribution < 1.29 is 9.18 Å². The summed E-state index contributed by atoms with van der Waals surface area (Å²) in [4.78, 5) is 18.6. The molecule has 5 nitrogen and oxygen atoms in total. The van der Waals surface area contributed by atoms with Gasteiger partial charge in [-0.3, -0.25) is 0 Å². The minimum absolute atomic E-state index is 0.00966. The Bertz CT molecular complexity index is 683. The zero-order chi connectivity index (χ0) is 16.9. The number of carbonyl (C=O) groups is 1. The first-order valence-electron chi connectivity index (χ1n) is 8.48. The molecule has 128 valence electrons. The third kappa shape index (κ3) is 3.58. The van der Waals surface area contributed by atoms with E-state index >= 15 is 0 Å². The molecule has 0 bridgehead atoms. The topological polar surface area (TPSA) is 50.2 Å². The van der Waals surface area contributed by atoms with Gasteiger partial charge in [-0.15, -0.1) is 0 Å². The summed E-state index contributed by atoms with van der Waals surface area (Å²) in [5.74, 6) is -0.251. The number of likely N-dealkylation sites (tertiary alicyclic amines) is 1. The first kappa shape index (κ1) is 16.5. The number of aromatic nitrogens is 2. The van der Waals surface area contributed by atoms with E-state index in [0.717, 1.165) is 43.6 Å². The molecular formula is C18H23FN4O. The van der Waals surface area contributed by atoms with Gasteiger partial charge in [0.1, 0.15) is 5.82 Å². The molecule has 1 aromatic carbocycles. The fourth-order valence-corrected chi connectivity index (χ4v) is 3.25. The monoisotopic (exact) mass is 330 g/mol. The Morgan fingerprint density at radius 3 is 2.88 bits per heavy atom. The standard InChI is InChI=1S/C18H23FN4O/c1-2-22-13-20-11-16(22)12-21-18(24)23-10-4-3-5-17(23)14-6-8-15(19)9-7-14/h6-9,11,13,17H,2-5,10,12H2,1H3,(H,21,24)/t17-/m1/s1. The highest BCUT2D eigenvalue weighted by atomic mass is 19.1. The van der Waals surface area contributed by atoms with Crippen LogP contribution in [0.2, 0.25) is 0 Å². The molecule has 1 aromatic heterocycles. The van der Waals surface area contributed by atoms with E-state index in [1.54, 1.807) is 24.7 Å². The van der Waals surface area contributed by atoms with Crippen molar-refractivity contribution in [3.8, 4) is 0 Å². The van der Waals surface area contributed by atoms with Gasteiger partial charge >= 0.3 is 6.03 Å². The Morgan fingerprint density at radius 1 is 1.33 bits per heavy atom. The Hall–Kier alpha value is -2.37. The van der Waals surface area contributed by atoms with Crippen LogP contribution in [0.25, 0.3) is 0 Å². The first-order valence-corrected chi connectivity index (χ1v) is 8.48. The average Bonchev–Trinajstić information content (AvgIpc) is 3.08. The molecular weight excluding hydrogens is 307 g/mol. The molecule has 6 heteroatoms. The molecule has 2 heterocycles. The van der Waals surface area contributed by atoms with Crippen molar-refractivity contribution in [2.75, 3.05) is 6.54 Å². The molecule has 2 amide bonds. The number of nitrogens with zero attached hydrogens (tertiary/aromatic N) is 3. The van der Waals surface area contributed by atoms with E-state index in [1.807, 2.05) is 16.4 Å². The van der Waals surface area contributed by atoms with Gasteiger partial charge in [0.15, 0.2) is 0 Å². The molecule has 0 aliphatic carbocycles. The molecule has 2 aromatic rings. The fourth-order valence-electron chi connectivity index (χ4n) is 3.25. The number of halogens is 1. The molecule has 0 saturated carbocycles. The van der Waals surface area contributed by atoms with E-state index in [0.29, 0.717) is 6.54 Å². The Morgan fingerprint density at radius 2 is 2.12 bits per heavy atom. The van der Waals surface area contributed by atoms with E-state index in [2.05, 4.69) is 10.3 Å². The predicted octanol–water partition coefficient (Wildman–Crippen LogP) is 3.48. The van der Waals surface area contributed by atoms with Crippen molar-refractivity contribution in [2.24, 2.45) is 0 Å². The second-order valence-electron chi connectivity index (χ2n) is 6.09. The largest absolute Gasteiger partial charge is 0.333 e. The highest BCUT2D eigenvalue weighted by molar-refractivity contribution is 5.74. The summed E-state index contributed by atoms with van der Waals surface area (Å²) in [5, 5.41) is 2.99. The summed E-state index contributed by atoms with van der Waals surface area (Å²) in [6, 6.07) is 6.40. The highest BCUT2D eigenvalue weighted by Crippen LogP contribution is 2.30. The summed E-state index contributed by atoms with van der Waals surface area (Å²) >= 11 is 0. The van der Waals surface area contributed by atoms with Crippen LogP contribution >= 0.6 is 0 Å². The molecule has 0 radical (unpaired) electrons. The number of hydrogen-bond acceptors (Lipinski definition) is 2. The van der Waals surface area contributed by atoms with E-state index < -0.39 is 0 Å². The van der Waals surface area contributed by atoms with Crippen LogP contribution in [0.5, 0.6) is 0 Å². The number of benzene rings is 1. The SMILES string of the molecule is CCn1cncc1CNC(=O)N1CCCC[C@@H]1c1ccc(F)cc1. The molecule has 1 aliphatic heterocycles. The predicted molar refractivity (Wildman–Crippen MR) is 89.8 cm³/mol. The number of carbonyl (C=O) groups excluding carboxylic acids is 1. The van der Waals surface area contributed by atoms with Gasteiger partial charge in [-0.1, -0.05) is 12.1 Å². The van der Waals surface area contributed by atoms with E-state index in [-0.39, 0.29) is 17.9 Å². The minimum atomic E-state index is -0.251. The lowest BCUT2D eigenvalue weighted by atomic mass is 9.95. The van der Waals surface area contributed by atoms with Crippen LogP contribution in [0.15, 0.2) is 36.8 Å². The van der Waals surface area contributed by atoms with Gasteiger partial charge in [0.25, 0.3) is 0 Å². The van der Waals surface area contributed by atoms with Crippen molar-refractivity contribution in [3.63, 3.8) is 0 Å². The van der Waals surface area contributed by atoms with Gasteiger partial charge < -0.3 is 14.8 Å². The summed E-state index contributed by atoms with van der Waals surface area (Å²) in [5.41, 5.74) is 1.98. The lowest BCUT2D eigenvalue weighted by Gasteiger charge is -2.36. The van der Waals surface area contributed by atoms with Gasteiger partial charge in [-0.2, -0.15) is 0 Å². The summed E-state index contributed by atoms with van der Waals surface area (Å²) in [6.45, 7) is 4.05. The molecule has 1 aliphatic rings. The van der Waals surface area contributed by atoms with E-state index in [1.165, 1.54) is 12.1 Å². The molecule has 1 N–H and O–H groups in total. The zero-order valence-corrected chi connectivity index (χ0v) is 13.9. The molecule has 1 atom stereocenters. The van der Waals surface area contributed by atoms with Crippen LogP contribution in [0, 0.1) is 5.82 Å². The van der Waals surface area contributed by atoms with Gasteiger partial charge in [-0.25, -0.2) is 14.2 Å². The number of amides is 2. The van der Waals surface area contributed by atoms with Crippen LogP contribution in [0.1, 0.15) is 43.5 Å². The Kier molecular flexibility index (Phi) is 5.13. The van der Waals surface area contributed by atoms with Gasteiger partial charge in [-0.05, 0) is 43.9 Å². The second kappa shape index (κ2) is 7.47. The fraction of sp³-hybridized carbons (Fsp3) is 0.444. The molecule has 3 rings (SSSR count). The maximum Gasteiger partial charge on any atom is 0.318 e. The van der Waals surface area contributed by atoms with Gasteiger partial charge in [0, 0.05) is 19.3 Å². The Balaban J connectivity index is 1.68. The number of rotatable bonds is 4. The number of hydrogen-bond donors (Lipinski definition) is 1. The maximum absolute atomic E-state index is 13.2. The van der Waals surface area contributed by atoms with Crippen molar-refractivity contribution in [1.82, 2.24) is 19.8 Å². The van der Waals surface area contributed by atoms with Crippen molar-refractivity contribution >= 4 is 6.03 Å². The first-order chi connectivity index (χ1) is 11.7. The summed E-state index contributed by atoms with van der Waals surface area (Å²) < 4.78 is 15.2. The average molecular weight is 330 g/mol.